The number of fused-ring (bicyclic) bond motifs is 1. The zero-order valence-corrected chi connectivity index (χ0v) is 12.9. The summed E-state index contributed by atoms with van der Waals surface area (Å²) >= 11 is 9.31. The standard InChI is InChI=1S/C15H12BrClN2O/c16-13-8-10(17)1-3-12(13)15(20)19-6-5-9-7-11(18)2-4-14(9)19/h1-4,7-8H,5-6,18H2. The number of hydrogen-bond donors (Lipinski definition) is 1. The van der Waals surface area contributed by atoms with Crippen LogP contribution in [0.15, 0.2) is 40.9 Å². The highest BCUT2D eigenvalue weighted by molar-refractivity contribution is 9.10. The van der Waals surface area contributed by atoms with Crippen LogP contribution in [0.5, 0.6) is 0 Å². The lowest BCUT2D eigenvalue weighted by atomic mass is 10.1. The molecule has 2 aromatic rings. The molecule has 0 spiro atoms. The van der Waals surface area contributed by atoms with Gasteiger partial charge in [0, 0.05) is 27.4 Å². The van der Waals surface area contributed by atoms with E-state index < -0.39 is 0 Å². The van der Waals surface area contributed by atoms with Crippen molar-refractivity contribution in [3.05, 3.63) is 57.0 Å². The van der Waals surface area contributed by atoms with Crippen LogP contribution in [0.4, 0.5) is 11.4 Å². The van der Waals surface area contributed by atoms with Gasteiger partial charge in [-0.2, -0.15) is 0 Å². The van der Waals surface area contributed by atoms with Crippen LogP contribution in [-0.2, 0) is 6.42 Å². The predicted octanol–water partition coefficient (Wildman–Crippen LogP) is 3.89. The Balaban J connectivity index is 1.97. The van der Waals surface area contributed by atoms with Crippen LogP contribution in [0.1, 0.15) is 15.9 Å². The number of halogens is 2. The summed E-state index contributed by atoms with van der Waals surface area (Å²) in [6.07, 6.45) is 0.831. The Labute approximate surface area is 130 Å². The van der Waals surface area contributed by atoms with Crippen molar-refractivity contribution in [2.45, 2.75) is 6.42 Å². The molecule has 3 rings (SSSR count). The first-order valence-corrected chi connectivity index (χ1v) is 7.38. The molecule has 102 valence electrons. The van der Waals surface area contributed by atoms with Gasteiger partial charge in [-0.25, -0.2) is 0 Å². The lowest BCUT2D eigenvalue weighted by Crippen LogP contribution is -2.29. The molecule has 0 saturated carbocycles. The summed E-state index contributed by atoms with van der Waals surface area (Å²) in [5, 5.41) is 0.600. The van der Waals surface area contributed by atoms with E-state index in [4.69, 9.17) is 17.3 Å². The largest absolute Gasteiger partial charge is 0.399 e. The summed E-state index contributed by atoms with van der Waals surface area (Å²) in [5.41, 5.74) is 9.17. The van der Waals surface area contributed by atoms with E-state index in [1.165, 1.54) is 0 Å². The van der Waals surface area contributed by atoms with Gasteiger partial charge in [0.05, 0.1) is 5.56 Å². The van der Waals surface area contributed by atoms with Gasteiger partial charge in [0.15, 0.2) is 0 Å². The minimum Gasteiger partial charge on any atom is -0.399 e. The van der Waals surface area contributed by atoms with Crippen LogP contribution in [-0.4, -0.2) is 12.5 Å². The molecular formula is C15H12BrClN2O. The average Bonchev–Trinajstić information content (AvgIpc) is 2.80. The maximum Gasteiger partial charge on any atom is 0.259 e. The van der Waals surface area contributed by atoms with Gasteiger partial charge in [-0.05, 0) is 64.3 Å². The molecule has 1 heterocycles. The summed E-state index contributed by atoms with van der Waals surface area (Å²) in [7, 11) is 0. The Morgan fingerprint density at radius 3 is 2.80 bits per heavy atom. The third-order valence-electron chi connectivity index (χ3n) is 3.41. The van der Waals surface area contributed by atoms with Crippen LogP contribution in [0.25, 0.3) is 0 Å². The van der Waals surface area contributed by atoms with E-state index in [-0.39, 0.29) is 5.91 Å². The molecule has 0 saturated heterocycles. The van der Waals surface area contributed by atoms with Crippen molar-refractivity contribution < 1.29 is 4.79 Å². The van der Waals surface area contributed by atoms with Crippen molar-refractivity contribution >= 4 is 44.8 Å². The molecule has 1 aliphatic rings. The van der Waals surface area contributed by atoms with Crippen molar-refractivity contribution in [1.82, 2.24) is 0 Å². The predicted molar refractivity (Wildman–Crippen MR) is 85.4 cm³/mol. The number of nitrogens with two attached hydrogens (primary N) is 1. The van der Waals surface area contributed by atoms with Gasteiger partial charge in [0.25, 0.3) is 5.91 Å². The number of carbonyl (C=O) groups excluding carboxylic acids is 1. The molecule has 5 heteroatoms. The van der Waals surface area contributed by atoms with Crippen LogP contribution in [0.3, 0.4) is 0 Å². The van der Waals surface area contributed by atoms with Crippen molar-refractivity contribution in [2.24, 2.45) is 0 Å². The van der Waals surface area contributed by atoms with E-state index in [1.54, 1.807) is 23.1 Å². The van der Waals surface area contributed by atoms with E-state index in [0.29, 0.717) is 21.6 Å². The molecular weight excluding hydrogens is 340 g/mol. The fraction of sp³-hybridized carbons (Fsp3) is 0.133. The van der Waals surface area contributed by atoms with Crippen LogP contribution in [0.2, 0.25) is 5.02 Å². The van der Waals surface area contributed by atoms with Gasteiger partial charge < -0.3 is 10.6 Å². The SMILES string of the molecule is Nc1ccc2c(c1)CCN2C(=O)c1ccc(Cl)cc1Br. The second-order valence-corrected chi connectivity index (χ2v) is 6.01. The minimum atomic E-state index is -0.0305. The molecule has 2 N–H and O–H groups in total. The maximum absolute atomic E-state index is 12.6. The molecule has 3 nitrogen and oxygen atoms in total. The number of carbonyl (C=O) groups is 1. The molecule has 2 aromatic carbocycles. The van der Waals surface area contributed by atoms with Gasteiger partial charge in [-0.3, -0.25) is 4.79 Å². The molecule has 20 heavy (non-hydrogen) atoms. The third-order valence-corrected chi connectivity index (χ3v) is 4.30. The molecule has 0 radical (unpaired) electrons. The summed E-state index contributed by atoms with van der Waals surface area (Å²) in [4.78, 5) is 14.4. The second-order valence-electron chi connectivity index (χ2n) is 4.72. The zero-order valence-electron chi connectivity index (χ0n) is 10.6. The van der Waals surface area contributed by atoms with Crippen molar-refractivity contribution in [2.75, 3.05) is 17.2 Å². The number of amides is 1. The summed E-state index contributed by atoms with van der Waals surface area (Å²) in [5.74, 6) is -0.0305. The Kier molecular flexibility index (Phi) is 3.44. The van der Waals surface area contributed by atoms with Crippen molar-refractivity contribution in [3.63, 3.8) is 0 Å². The van der Waals surface area contributed by atoms with Crippen LogP contribution >= 0.6 is 27.5 Å². The first-order chi connectivity index (χ1) is 9.56. The van der Waals surface area contributed by atoms with E-state index >= 15 is 0 Å². The Bertz CT molecular complexity index is 702. The third kappa shape index (κ3) is 2.30. The number of rotatable bonds is 1. The molecule has 0 fully saturated rings. The van der Waals surface area contributed by atoms with Gasteiger partial charge in [-0.1, -0.05) is 11.6 Å². The average molecular weight is 352 g/mol. The fourth-order valence-corrected chi connectivity index (χ4v) is 3.29. The molecule has 0 aliphatic carbocycles. The normalized spacial score (nSPS) is 13.4. The minimum absolute atomic E-state index is 0.0305. The monoisotopic (exact) mass is 350 g/mol. The lowest BCUT2D eigenvalue weighted by molar-refractivity contribution is 0.0988. The van der Waals surface area contributed by atoms with E-state index in [0.717, 1.165) is 23.4 Å². The molecule has 0 aromatic heterocycles. The van der Waals surface area contributed by atoms with Crippen LogP contribution < -0.4 is 10.6 Å². The Morgan fingerprint density at radius 2 is 2.05 bits per heavy atom. The Hall–Kier alpha value is -1.52. The molecule has 0 unspecified atom stereocenters. The molecule has 1 aliphatic heterocycles. The summed E-state index contributed by atoms with van der Waals surface area (Å²) in [6, 6.07) is 10.8. The van der Waals surface area contributed by atoms with E-state index in [1.807, 2.05) is 18.2 Å². The zero-order chi connectivity index (χ0) is 14.3. The second kappa shape index (κ2) is 5.11. The molecule has 0 bridgehead atoms. The molecule has 0 atom stereocenters. The van der Waals surface area contributed by atoms with Crippen LogP contribution in [0, 0.1) is 0 Å². The van der Waals surface area contributed by atoms with Gasteiger partial charge in [-0.15, -0.1) is 0 Å². The van der Waals surface area contributed by atoms with Gasteiger partial charge in [0.2, 0.25) is 0 Å². The van der Waals surface area contributed by atoms with Gasteiger partial charge >= 0.3 is 0 Å². The Morgan fingerprint density at radius 1 is 1.25 bits per heavy atom. The smallest absolute Gasteiger partial charge is 0.259 e. The topological polar surface area (TPSA) is 46.3 Å². The lowest BCUT2D eigenvalue weighted by Gasteiger charge is -2.18. The quantitative estimate of drug-likeness (QED) is 0.792. The van der Waals surface area contributed by atoms with Crippen molar-refractivity contribution in [3.8, 4) is 0 Å². The number of nitrogen functional groups attached to an aromatic ring is 1. The van der Waals surface area contributed by atoms with Gasteiger partial charge in [0.1, 0.15) is 0 Å². The summed E-state index contributed by atoms with van der Waals surface area (Å²) in [6.45, 7) is 0.673. The highest BCUT2D eigenvalue weighted by Gasteiger charge is 2.26. The highest BCUT2D eigenvalue weighted by atomic mass is 79.9. The highest BCUT2D eigenvalue weighted by Crippen LogP contribution is 2.32. The maximum atomic E-state index is 12.6. The first kappa shape index (κ1) is 13.5. The number of nitrogens with zero attached hydrogens (tertiary/aromatic N) is 1. The fourth-order valence-electron chi connectivity index (χ4n) is 2.44. The number of anilines is 2. The van der Waals surface area contributed by atoms with E-state index in [9.17, 15) is 4.79 Å². The number of benzene rings is 2. The number of hydrogen-bond acceptors (Lipinski definition) is 2. The molecule has 1 amide bonds. The summed E-state index contributed by atoms with van der Waals surface area (Å²) < 4.78 is 0.707. The van der Waals surface area contributed by atoms with E-state index in [2.05, 4.69) is 15.9 Å². The van der Waals surface area contributed by atoms with Crippen molar-refractivity contribution in [1.29, 1.82) is 0 Å². The first-order valence-electron chi connectivity index (χ1n) is 6.21.